The summed E-state index contributed by atoms with van der Waals surface area (Å²) in [7, 11) is 1.83. The van der Waals surface area contributed by atoms with Crippen LogP contribution in [0, 0.1) is 0 Å². The van der Waals surface area contributed by atoms with Crippen LogP contribution in [-0.2, 0) is 16.6 Å². The van der Waals surface area contributed by atoms with Crippen molar-refractivity contribution in [3.63, 3.8) is 0 Å². The van der Waals surface area contributed by atoms with E-state index in [1.807, 2.05) is 17.7 Å². The molecule has 0 spiro atoms. The third-order valence-corrected chi connectivity index (χ3v) is 6.38. The molecule has 2 aromatic heterocycles. The number of thioether (sulfide) groups is 1. The summed E-state index contributed by atoms with van der Waals surface area (Å²) in [6.07, 6.45) is 2.62. The van der Waals surface area contributed by atoms with Crippen LogP contribution < -0.4 is 15.4 Å². The molecule has 12 heteroatoms. The number of halogens is 3. The number of hydrogen-bond donors (Lipinski definition) is 2. The Balaban J connectivity index is 1.28. The minimum atomic E-state index is -4.33. The van der Waals surface area contributed by atoms with E-state index in [0.29, 0.717) is 47.5 Å². The summed E-state index contributed by atoms with van der Waals surface area (Å²) in [5, 5.41) is 5.88. The first-order chi connectivity index (χ1) is 17.7. The first kappa shape index (κ1) is 24.9. The minimum absolute atomic E-state index is 0.107. The highest BCUT2D eigenvalue weighted by Gasteiger charge is 2.29. The topological polar surface area (TPSA) is 90.3 Å². The number of carbonyl (C=O) groups is 1. The molecule has 37 heavy (non-hydrogen) atoms. The third kappa shape index (κ3) is 6.15. The van der Waals surface area contributed by atoms with Crippen molar-refractivity contribution in [1.29, 1.82) is 0 Å². The van der Waals surface area contributed by atoms with E-state index in [1.165, 1.54) is 12.1 Å². The van der Waals surface area contributed by atoms with Crippen LogP contribution in [0.1, 0.15) is 12.8 Å². The second-order valence-electron chi connectivity index (χ2n) is 8.31. The molecule has 2 aromatic carbocycles. The molecule has 2 N–H and O–H groups in total. The predicted molar refractivity (Wildman–Crippen MR) is 134 cm³/mol. The monoisotopic (exact) mass is 529 g/mol. The van der Waals surface area contributed by atoms with Gasteiger partial charge in [0.15, 0.2) is 0 Å². The first-order valence-corrected chi connectivity index (χ1v) is 12.2. The molecule has 0 aliphatic carbocycles. The SMILES string of the molecule is Cn1c(Nc2ccc(SC(F)(F)F)cc2)nc2cc(Oc3ccnc(NC(=O)C4CCCO4)c3)ccc21. The number of aryl methyl sites for hydroxylation is 1. The summed E-state index contributed by atoms with van der Waals surface area (Å²) in [5.74, 6) is 1.68. The Labute approximate surface area is 214 Å². The molecule has 1 aliphatic heterocycles. The molecule has 1 saturated heterocycles. The molecule has 4 aromatic rings. The number of hydrogen-bond acceptors (Lipinski definition) is 7. The minimum Gasteiger partial charge on any atom is -0.457 e. The van der Waals surface area contributed by atoms with Gasteiger partial charge in [0.25, 0.3) is 5.91 Å². The molecular formula is C25H22F3N5O3S. The number of aromatic nitrogens is 3. The molecular weight excluding hydrogens is 507 g/mol. The van der Waals surface area contributed by atoms with Crippen molar-refractivity contribution in [2.45, 2.75) is 29.3 Å². The molecule has 1 atom stereocenters. The molecule has 1 aliphatic rings. The molecule has 1 fully saturated rings. The summed E-state index contributed by atoms with van der Waals surface area (Å²) >= 11 is -0.158. The van der Waals surface area contributed by atoms with Gasteiger partial charge in [0.1, 0.15) is 23.4 Å². The summed E-state index contributed by atoms with van der Waals surface area (Å²) in [6.45, 7) is 0.579. The number of amides is 1. The Morgan fingerprint density at radius 2 is 1.92 bits per heavy atom. The zero-order valence-electron chi connectivity index (χ0n) is 19.6. The number of benzene rings is 2. The lowest BCUT2D eigenvalue weighted by Gasteiger charge is -2.11. The normalized spacial score (nSPS) is 15.6. The number of pyridine rings is 1. The lowest BCUT2D eigenvalue weighted by molar-refractivity contribution is -0.124. The molecule has 0 bridgehead atoms. The van der Waals surface area contributed by atoms with E-state index in [4.69, 9.17) is 9.47 Å². The maximum Gasteiger partial charge on any atom is 0.446 e. The van der Waals surface area contributed by atoms with Crippen LogP contribution in [0.4, 0.5) is 30.6 Å². The summed E-state index contributed by atoms with van der Waals surface area (Å²) in [5.41, 5.74) is -2.23. The van der Waals surface area contributed by atoms with Gasteiger partial charge in [0.05, 0.1) is 11.0 Å². The number of nitrogens with zero attached hydrogens (tertiary/aromatic N) is 3. The predicted octanol–water partition coefficient (Wildman–Crippen LogP) is 6.23. The van der Waals surface area contributed by atoms with E-state index in [0.717, 1.165) is 11.9 Å². The largest absolute Gasteiger partial charge is 0.457 e. The van der Waals surface area contributed by atoms with Gasteiger partial charge in [0.2, 0.25) is 5.95 Å². The number of anilines is 3. The second-order valence-corrected chi connectivity index (χ2v) is 9.45. The number of fused-ring (bicyclic) bond motifs is 1. The number of alkyl halides is 3. The van der Waals surface area contributed by atoms with Crippen molar-refractivity contribution in [3.8, 4) is 11.5 Å². The van der Waals surface area contributed by atoms with Crippen LogP contribution in [0.2, 0.25) is 0 Å². The van der Waals surface area contributed by atoms with Crippen LogP contribution in [0.25, 0.3) is 11.0 Å². The molecule has 5 rings (SSSR count). The summed E-state index contributed by atoms with van der Waals surface area (Å²) in [6, 6.07) is 14.7. The van der Waals surface area contributed by atoms with Gasteiger partial charge in [-0.05, 0) is 67.1 Å². The Morgan fingerprint density at radius 3 is 2.65 bits per heavy atom. The van der Waals surface area contributed by atoms with Crippen molar-refractivity contribution < 1.29 is 27.4 Å². The second kappa shape index (κ2) is 10.3. The van der Waals surface area contributed by atoms with Crippen molar-refractivity contribution in [3.05, 3.63) is 60.8 Å². The molecule has 1 amide bonds. The lowest BCUT2D eigenvalue weighted by Crippen LogP contribution is -2.27. The highest BCUT2D eigenvalue weighted by Crippen LogP contribution is 2.37. The van der Waals surface area contributed by atoms with E-state index in [9.17, 15) is 18.0 Å². The van der Waals surface area contributed by atoms with E-state index in [2.05, 4.69) is 20.6 Å². The van der Waals surface area contributed by atoms with Crippen molar-refractivity contribution in [2.75, 3.05) is 17.2 Å². The average molecular weight is 530 g/mol. The maximum absolute atomic E-state index is 12.6. The maximum atomic E-state index is 12.6. The fraction of sp³-hybridized carbons (Fsp3) is 0.240. The van der Waals surface area contributed by atoms with Gasteiger partial charge in [0, 0.05) is 42.6 Å². The van der Waals surface area contributed by atoms with Crippen LogP contribution in [-0.4, -0.2) is 38.7 Å². The molecule has 0 saturated carbocycles. The molecule has 1 unspecified atom stereocenters. The number of carbonyl (C=O) groups excluding carboxylic acids is 1. The highest BCUT2D eigenvalue weighted by molar-refractivity contribution is 8.00. The van der Waals surface area contributed by atoms with Crippen LogP contribution in [0.15, 0.2) is 65.7 Å². The smallest absolute Gasteiger partial charge is 0.446 e. The quantitative estimate of drug-likeness (QED) is 0.274. The van der Waals surface area contributed by atoms with E-state index >= 15 is 0 Å². The standard InChI is InChI=1S/C25H22F3N5O3S/c1-33-20-9-6-16(36-17-10-11-29-22(14-17)32-23(34)21-3-2-12-35-21)13-19(20)31-24(33)30-15-4-7-18(8-5-15)37-25(26,27)28/h4-11,13-14,21H,2-3,12H2,1H3,(H,30,31)(H,29,32,34). The zero-order valence-corrected chi connectivity index (χ0v) is 20.4. The van der Waals surface area contributed by atoms with Crippen LogP contribution >= 0.6 is 11.8 Å². The molecule has 0 radical (unpaired) electrons. The van der Waals surface area contributed by atoms with Crippen molar-refractivity contribution in [1.82, 2.24) is 14.5 Å². The fourth-order valence-corrected chi connectivity index (χ4v) is 4.43. The third-order valence-electron chi connectivity index (χ3n) is 5.64. The number of rotatable bonds is 7. The van der Waals surface area contributed by atoms with E-state index in [1.54, 1.807) is 42.6 Å². The van der Waals surface area contributed by atoms with Gasteiger partial charge in [-0.1, -0.05) is 0 Å². The fourth-order valence-electron chi connectivity index (χ4n) is 3.89. The zero-order chi connectivity index (χ0) is 26.0. The summed E-state index contributed by atoms with van der Waals surface area (Å²) < 4.78 is 50.9. The van der Waals surface area contributed by atoms with Gasteiger partial charge in [-0.3, -0.25) is 4.79 Å². The number of ether oxygens (including phenoxy) is 2. The Hall–Kier alpha value is -3.77. The van der Waals surface area contributed by atoms with Crippen molar-refractivity contribution >= 4 is 46.2 Å². The number of nitrogens with one attached hydrogen (secondary N) is 2. The molecule has 3 heterocycles. The highest BCUT2D eigenvalue weighted by atomic mass is 32.2. The van der Waals surface area contributed by atoms with Gasteiger partial charge in [-0.2, -0.15) is 13.2 Å². The average Bonchev–Trinajstić information content (AvgIpc) is 3.49. The van der Waals surface area contributed by atoms with Gasteiger partial charge < -0.3 is 24.7 Å². The molecule has 8 nitrogen and oxygen atoms in total. The van der Waals surface area contributed by atoms with Crippen LogP contribution in [0.3, 0.4) is 0 Å². The van der Waals surface area contributed by atoms with Gasteiger partial charge in [-0.25, -0.2) is 9.97 Å². The Bertz CT molecular complexity index is 1420. The van der Waals surface area contributed by atoms with Crippen LogP contribution in [0.5, 0.6) is 11.5 Å². The molecule has 192 valence electrons. The summed E-state index contributed by atoms with van der Waals surface area (Å²) in [4.78, 5) is 21.2. The Kier molecular flexibility index (Phi) is 6.94. The lowest BCUT2D eigenvalue weighted by atomic mass is 10.2. The van der Waals surface area contributed by atoms with E-state index in [-0.39, 0.29) is 22.6 Å². The van der Waals surface area contributed by atoms with Gasteiger partial charge in [-0.15, -0.1) is 0 Å². The first-order valence-electron chi connectivity index (χ1n) is 11.4. The Morgan fingerprint density at radius 1 is 1.14 bits per heavy atom. The van der Waals surface area contributed by atoms with Gasteiger partial charge >= 0.3 is 5.51 Å². The number of imidazole rings is 1. The van der Waals surface area contributed by atoms with Crippen molar-refractivity contribution in [2.24, 2.45) is 7.05 Å². The van der Waals surface area contributed by atoms with E-state index < -0.39 is 11.6 Å².